The summed E-state index contributed by atoms with van der Waals surface area (Å²) in [4.78, 5) is 20.0. The Labute approximate surface area is 141 Å². The van der Waals surface area contributed by atoms with E-state index in [0.717, 1.165) is 40.8 Å². The molecule has 24 heavy (non-hydrogen) atoms. The van der Waals surface area contributed by atoms with E-state index in [4.69, 9.17) is 4.74 Å². The van der Waals surface area contributed by atoms with Crippen LogP contribution >= 0.6 is 0 Å². The van der Waals surface area contributed by atoms with Crippen molar-refractivity contribution in [2.24, 2.45) is 7.05 Å². The lowest BCUT2D eigenvalue weighted by Gasteiger charge is -2.43. The first-order valence-electron chi connectivity index (χ1n) is 8.80. The lowest BCUT2D eigenvalue weighted by Crippen LogP contribution is -2.54. The maximum Gasteiger partial charge on any atom is 0.255 e. The molecule has 0 aromatic carbocycles. The van der Waals surface area contributed by atoms with Crippen molar-refractivity contribution in [1.82, 2.24) is 19.7 Å². The van der Waals surface area contributed by atoms with E-state index in [1.165, 1.54) is 12.8 Å². The number of hydrogen-bond donors (Lipinski definition) is 0. The lowest BCUT2D eigenvalue weighted by atomic mass is 9.89. The SMILES string of the molecule is Cc1cc(C(=O)N2CCO[C@@H]3CCCC[C@H]32)c2c(C)nn(C)c2n1. The molecule has 1 aliphatic carbocycles. The Morgan fingerprint density at radius 1 is 1.29 bits per heavy atom. The predicted molar refractivity (Wildman–Crippen MR) is 91.0 cm³/mol. The molecule has 0 spiro atoms. The minimum absolute atomic E-state index is 0.0989. The number of nitrogens with zero attached hydrogens (tertiary/aromatic N) is 4. The number of morpholine rings is 1. The van der Waals surface area contributed by atoms with E-state index in [1.807, 2.05) is 31.9 Å². The van der Waals surface area contributed by atoms with Crippen LogP contribution in [0.25, 0.3) is 11.0 Å². The van der Waals surface area contributed by atoms with Crippen LogP contribution in [0, 0.1) is 13.8 Å². The van der Waals surface area contributed by atoms with E-state index in [1.54, 1.807) is 4.68 Å². The van der Waals surface area contributed by atoms with Gasteiger partial charge in [-0.15, -0.1) is 0 Å². The topological polar surface area (TPSA) is 60.3 Å². The van der Waals surface area contributed by atoms with E-state index in [-0.39, 0.29) is 18.1 Å². The smallest absolute Gasteiger partial charge is 0.255 e. The second-order valence-electron chi connectivity index (χ2n) is 6.98. The maximum atomic E-state index is 13.4. The fraction of sp³-hybridized carbons (Fsp3) is 0.611. The molecule has 128 valence electrons. The highest BCUT2D eigenvalue weighted by atomic mass is 16.5. The number of carbonyl (C=O) groups is 1. The van der Waals surface area contributed by atoms with Crippen LogP contribution in [0.3, 0.4) is 0 Å². The molecule has 2 atom stereocenters. The molecular weight excluding hydrogens is 304 g/mol. The Bertz CT molecular complexity index is 796. The van der Waals surface area contributed by atoms with Gasteiger partial charge in [0.15, 0.2) is 5.65 Å². The van der Waals surface area contributed by atoms with Crippen LogP contribution in [0.1, 0.15) is 47.4 Å². The maximum absolute atomic E-state index is 13.4. The Balaban J connectivity index is 1.78. The minimum atomic E-state index is 0.0989. The summed E-state index contributed by atoms with van der Waals surface area (Å²) in [6.07, 6.45) is 4.67. The molecule has 4 rings (SSSR count). The zero-order valence-corrected chi connectivity index (χ0v) is 14.6. The summed E-state index contributed by atoms with van der Waals surface area (Å²) >= 11 is 0. The molecule has 1 saturated carbocycles. The van der Waals surface area contributed by atoms with Gasteiger partial charge in [0.2, 0.25) is 0 Å². The first kappa shape index (κ1) is 15.6. The standard InChI is InChI=1S/C18H24N4O2/c1-11-10-13(16-12(2)20-21(3)17(16)19-11)18(23)22-8-9-24-15-7-5-4-6-14(15)22/h10,14-15H,4-9H2,1-3H3/t14-,15-/m1/s1. The zero-order valence-electron chi connectivity index (χ0n) is 14.6. The molecule has 6 nitrogen and oxygen atoms in total. The molecule has 2 fully saturated rings. The van der Waals surface area contributed by atoms with Gasteiger partial charge in [-0.1, -0.05) is 12.8 Å². The first-order valence-corrected chi connectivity index (χ1v) is 8.80. The second-order valence-corrected chi connectivity index (χ2v) is 6.98. The third kappa shape index (κ3) is 2.40. The molecule has 3 heterocycles. The highest BCUT2D eigenvalue weighted by Gasteiger charge is 2.37. The van der Waals surface area contributed by atoms with Gasteiger partial charge < -0.3 is 9.64 Å². The molecule has 6 heteroatoms. The molecule has 2 aliphatic rings. The molecule has 1 saturated heterocycles. The molecule has 0 bridgehead atoms. The fourth-order valence-electron chi connectivity index (χ4n) is 4.24. The summed E-state index contributed by atoms with van der Waals surface area (Å²) in [5.41, 5.74) is 3.22. The summed E-state index contributed by atoms with van der Waals surface area (Å²) < 4.78 is 7.68. The molecule has 1 amide bonds. The third-order valence-corrected chi connectivity index (χ3v) is 5.32. The summed E-state index contributed by atoms with van der Waals surface area (Å²) in [6.45, 7) is 5.18. The van der Waals surface area contributed by atoms with Gasteiger partial charge >= 0.3 is 0 Å². The number of pyridine rings is 1. The van der Waals surface area contributed by atoms with Crippen LogP contribution in [0.5, 0.6) is 0 Å². The number of aromatic nitrogens is 3. The van der Waals surface area contributed by atoms with Gasteiger partial charge in [0, 0.05) is 19.3 Å². The monoisotopic (exact) mass is 328 g/mol. The van der Waals surface area contributed by atoms with Crippen LogP contribution in [0.2, 0.25) is 0 Å². The van der Waals surface area contributed by atoms with E-state index in [2.05, 4.69) is 10.1 Å². The van der Waals surface area contributed by atoms with Gasteiger partial charge in [0.1, 0.15) is 0 Å². The molecular formula is C18H24N4O2. The van der Waals surface area contributed by atoms with Crippen LogP contribution in [0.15, 0.2) is 6.07 Å². The molecule has 2 aromatic heterocycles. The van der Waals surface area contributed by atoms with Gasteiger partial charge in [0.25, 0.3) is 5.91 Å². The van der Waals surface area contributed by atoms with Crippen molar-refractivity contribution in [3.63, 3.8) is 0 Å². The van der Waals surface area contributed by atoms with E-state index in [9.17, 15) is 4.79 Å². The predicted octanol–water partition coefficient (Wildman–Crippen LogP) is 2.37. The number of hydrogen-bond acceptors (Lipinski definition) is 4. The highest BCUT2D eigenvalue weighted by Crippen LogP contribution is 2.31. The lowest BCUT2D eigenvalue weighted by molar-refractivity contribution is -0.0752. The summed E-state index contributed by atoms with van der Waals surface area (Å²) in [6, 6.07) is 2.12. The van der Waals surface area contributed by atoms with Crippen LogP contribution < -0.4 is 0 Å². The van der Waals surface area contributed by atoms with E-state index in [0.29, 0.717) is 13.2 Å². The largest absolute Gasteiger partial charge is 0.374 e. The number of carbonyl (C=O) groups excluding carboxylic acids is 1. The van der Waals surface area contributed by atoms with Gasteiger partial charge in [-0.25, -0.2) is 4.98 Å². The van der Waals surface area contributed by atoms with Crippen molar-refractivity contribution in [3.05, 3.63) is 23.0 Å². The third-order valence-electron chi connectivity index (χ3n) is 5.32. The van der Waals surface area contributed by atoms with Crippen molar-refractivity contribution in [3.8, 4) is 0 Å². The van der Waals surface area contributed by atoms with Gasteiger partial charge in [-0.2, -0.15) is 5.10 Å². The number of ether oxygens (including phenoxy) is 1. The number of rotatable bonds is 1. The van der Waals surface area contributed by atoms with Crippen molar-refractivity contribution >= 4 is 16.9 Å². The zero-order chi connectivity index (χ0) is 16.8. The number of fused-ring (bicyclic) bond motifs is 2. The highest BCUT2D eigenvalue weighted by molar-refractivity contribution is 6.06. The van der Waals surface area contributed by atoms with Crippen LogP contribution in [-0.2, 0) is 11.8 Å². The molecule has 0 radical (unpaired) electrons. The Morgan fingerprint density at radius 3 is 2.92 bits per heavy atom. The van der Waals surface area contributed by atoms with E-state index >= 15 is 0 Å². The summed E-state index contributed by atoms with van der Waals surface area (Å²) in [5, 5.41) is 5.34. The fourth-order valence-corrected chi connectivity index (χ4v) is 4.24. The second kappa shape index (κ2) is 5.84. The molecule has 2 aromatic rings. The van der Waals surface area contributed by atoms with Crippen molar-refractivity contribution < 1.29 is 9.53 Å². The minimum Gasteiger partial charge on any atom is -0.374 e. The van der Waals surface area contributed by atoms with Crippen LogP contribution in [0.4, 0.5) is 0 Å². The Hall–Kier alpha value is -1.95. The van der Waals surface area contributed by atoms with Gasteiger partial charge in [-0.05, 0) is 32.8 Å². The first-order chi connectivity index (χ1) is 11.6. The van der Waals surface area contributed by atoms with Crippen molar-refractivity contribution in [2.75, 3.05) is 13.2 Å². The quantitative estimate of drug-likeness (QED) is 0.806. The molecule has 0 unspecified atom stereocenters. The van der Waals surface area contributed by atoms with Crippen LogP contribution in [-0.4, -0.2) is 50.9 Å². The van der Waals surface area contributed by atoms with Crippen molar-refractivity contribution in [2.45, 2.75) is 51.7 Å². The summed E-state index contributed by atoms with van der Waals surface area (Å²) in [5.74, 6) is 0.0989. The normalized spacial score (nSPS) is 24.2. The number of amides is 1. The van der Waals surface area contributed by atoms with Gasteiger partial charge in [0.05, 0.1) is 35.4 Å². The molecule has 0 N–H and O–H groups in total. The summed E-state index contributed by atoms with van der Waals surface area (Å²) in [7, 11) is 1.88. The Morgan fingerprint density at radius 2 is 2.08 bits per heavy atom. The Kier molecular flexibility index (Phi) is 3.79. The number of aryl methyl sites for hydroxylation is 3. The van der Waals surface area contributed by atoms with Crippen molar-refractivity contribution in [1.29, 1.82) is 0 Å². The van der Waals surface area contributed by atoms with E-state index < -0.39 is 0 Å². The van der Waals surface area contributed by atoms with Gasteiger partial charge in [-0.3, -0.25) is 9.48 Å². The average molecular weight is 328 g/mol. The average Bonchev–Trinajstić information content (AvgIpc) is 2.87. The molecule has 1 aliphatic heterocycles.